The molecular weight excluding hydrogens is 382 g/mol. The maximum absolute atomic E-state index is 13.4. The summed E-state index contributed by atoms with van der Waals surface area (Å²) >= 11 is 0. The molecule has 0 saturated heterocycles. The number of rotatable bonds is 5. The van der Waals surface area contributed by atoms with Crippen LogP contribution < -0.4 is 10.5 Å². The average Bonchev–Trinajstić information content (AvgIpc) is 3.12. The molecule has 1 aromatic heterocycles. The first-order chi connectivity index (χ1) is 14.3. The number of ether oxygens (including phenoxy) is 1. The lowest BCUT2D eigenvalue weighted by Crippen LogP contribution is -2.30. The van der Waals surface area contributed by atoms with Gasteiger partial charge in [0, 0.05) is 35.1 Å². The summed E-state index contributed by atoms with van der Waals surface area (Å²) in [7, 11) is 0. The van der Waals surface area contributed by atoms with E-state index >= 15 is 0 Å². The molecule has 7 heteroatoms. The van der Waals surface area contributed by atoms with Crippen LogP contribution in [-0.4, -0.2) is 35.0 Å². The number of H-pyrrole nitrogens is 1. The number of hydrogen-bond donors (Lipinski definition) is 3. The number of carbonyl (C=O) groups excluding carboxylic acids is 2. The predicted molar refractivity (Wildman–Crippen MR) is 111 cm³/mol. The lowest BCUT2D eigenvalue weighted by atomic mass is 9.71. The van der Waals surface area contributed by atoms with Crippen LogP contribution in [0.1, 0.15) is 63.4 Å². The summed E-state index contributed by atoms with van der Waals surface area (Å²) in [6.45, 7) is 4.39. The van der Waals surface area contributed by atoms with E-state index in [-0.39, 0.29) is 23.5 Å². The molecule has 1 heterocycles. The van der Waals surface area contributed by atoms with Crippen LogP contribution in [0.4, 0.5) is 0 Å². The number of ketones is 1. The number of benzene rings is 2. The van der Waals surface area contributed by atoms with Gasteiger partial charge in [-0.15, -0.1) is 0 Å². The van der Waals surface area contributed by atoms with Crippen molar-refractivity contribution in [1.82, 2.24) is 4.98 Å². The van der Waals surface area contributed by atoms with Crippen LogP contribution in [0.25, 0.3) is 10.9 Å². The first-order valence-corrected chi connectivity index (χ1v) is 9.63. The number of nitriles is 1. The van der Waals surface area contributed by atoms with Crippen molar-refractivity contribution in [3.8, 4) is 11.8 Å². The third-order valence-electron chi connectivity index (χ3n) is 5.67. The van der Waals surface area contributed by atoms with E-state index in [2.05, 4.69) is 4.98 Å². The van der Waals surface area contributed by atoms with Gasteiger partial charge in [-0.25, -0.2) is 0 Å². The summed E-state index contributed by atoms with van der Waals surface area (Å²) in [6, 6.07) is 10.5. The van der Waals surface area contributed by atoms with E-state index < -0.39 is 11.3 Å². The third kappa shape index (κ3) is 2.77. The summed E-state index contributed by atoms with van der Waals surface area (Å²) in [5, 5.41) is 18.9. The highest BCUT2D eigenvalue weighted by molar-refractivity contribution is 6.22. The molecule has 1 aliphatic carbocycles. The number of nitrogens with one attached hydrogen (secondary N) is 1. The summed E-state index contributed by atoms with van der Waals surface area (Å²) in [4.78, 5) is 28.7. The second-order valence-electron chi connectivity index (χ2n) is 7.85. The van der Waals surface area contributed by atoms with Crippen molar-refractivity contribution in [2.75, 3.05) is 13.2 Å². The number of nitrogens with two attached hydrogens (primary N) is 1. The van der Waals surface area contributed by atoms with Gasteiger partial charge >= 0.3 is 0 Å². The Bertz CT molecular complexity index is 1250. The number of amides is 1. The third-order valence-corrected chi connectivity index (χ3v) is 5.67. The molecule has 0 radical (unpaired) electrons. The largest absolute Gasteiger partial charge is 0.493 e. The molecular formula is C23H21N3O4. The Morgan fingerprint density at radius 2 is 2.07 bits per heavy atom. The summed E-state index contributed by atoms with van der Waals surface area (Å²) < 4.78 is 5.69. The Balaban J connectivity index is 1.94. The average molecular weight is 403 g/mol. The van der Waals surface area contributed by atoms with Crippen LogP contribution in [0.15, 0.2) is 30.3 Å². The predicted octanol–water partition coefficient (Wildman–Crippen LogP) is 2.77. The van der Waals surface area contributed by atoms with E-state index in [1.165, 1.54) is 6.07 Å². The minimum absolute atomic E-state index is 0.0419. The first kappa shape index (κ1) is 19.7. The number of fused-ring (bicyclic) bond motifs is 4. The van der Waals surface area contributed by atoms with Crippen LogP contribution in [0.2, 0.25) is 0 Å². The normalized spacial score (nSPS) is 14.1. The Kier molecular flexibility index (Phi) is 4.60. The number of aromatic amines is 1. The molecule has 7 nitrogen and oxygen atoms in total. The fraction of sp³-hybridized carbons (Fsp3) is 0.261. The number of nitrogens with zero attached hydrogens (tertiary/aromatic N) is 1. The van der Waals surface area contributed by atoms with Crippen molar-refractivity contribution in [3.63, 3.8) is 0 Å². The molecule has 1 amide bonds. The van der Waals surface area contributed by atoms with Crippen molar-refractivity contribution in [2.24, 2.45) is 5.73 Å². The highest BCUT2D eigenvalue weighted by Gasteiger charge is 2.40. The molecule has 0 spiro atoms. The Morgan fingerprint density at radius 3 is 2.73 bits per heavy atom. The standard InChI is InChI=1S/C23H21N3O4/c1-23(2)16-10-13(30-9-3-8-27)5-7-14(16)20(28)18-15-6-4-12(11-24)17(22(25)29)19(15)26-21(18)23/h4-7,10,26-27H,3,8-9H2,1-2H3,(H2,25,29). The van der Waals surface area contributed by atoms with Gasteiger partial charge in [0.2, 0.25) is 0 Å². The van der Waals surface area contributed by atoms with E-state index in [0.29, 0.717) is 46.5 Å². The zero-order valence-corrected chi connectivity index (χ0v) is 16.7. The second-order valence-corrected chi connectivity index (χ2v) is 7.85. The van der Waals surface area contributed by atoms with Gasteiger partial charge in [-0.2, -0.15) is 5.26 Å². The van der Waals surface area contributed by atoms with E-state index in [0.717, 1.165) is 5.56 Å². The molecule has 152 valence electrons. The summed E-state index contributed by atoms with van der Waals surface area (Å²) in [6.07, 6.45) is 0.517. The number of hydrogen-bond acceptors (Lipinski definition) is 5. The van der Waals surface area contributed by atoms with Crippen LogP contribution in [0.5, 0.6) is 5.75 Å². The molecule has 4 rings (SSSR count). The van der Waals surface area contributed by atoms with Crippen LogP contribution in [0.3, 0.4) is 0 Å². The Hall–Kier alpha value is -3.63. The smallest absolute Gasteiger partial charge is 0.252 e. The highest BCUT2D eigenvalue weighted by Crippen LogP contribution is 2.45. The minimum Gasteiger partial charge on any atom is -0.493 e. The van der Waals surface area contributed by atoms with Crippen molar-refractivity contribution in [3.05, 3.63) is 63.8 Å². The number of carbonyl (C=O) groups is 2. The molecule has 0 saturated carbocycles. The quantitative estimate of drug-likeness (QED) is 0.564. The zero-order valence-electron chi connectivity index (χ0n) is 16.7. The van der Waals surface area contributed by atoms with Gasteiger partial charge in [-0.05, 0) is 29.8 Å². The minimum atomic E-state index is -0.724. The maximum atomic E-state index is 13.4. The SMILES string of the molecule is CC1(C)c2cc(OCCCO)ccc2C(=O)c2c1[nH]c1c(C(N)=O)c(C#N)ccc21. The monoisotopic (exact) mass is 403 g/mol. The molecule has 30 heavy (non-hydrogen) atoms. The molecule has 0 fully saturated rings. The topological polar surface area (TPSA) is 129 Å². The molecule has 1 aliphatic rings. The van der Waals surface area contributed by atoms with Gasteiger partial charge in [0.25, 0.3) is 5.91 Å². The number of aliphatic hydroxyl groups excluding tert-OH is 1. The van der Waals surface area contributed by atoms with Gasteiger partial charge in [0.15, 0.2) is 5.78 Å². The Morgan fingerprint density at radius 1 is 1.30 bits per heavy atom. The molecule has 3 aromatic rings. The molecule has 4 N–H and O–H groups in total. The number of aromatic nitrogens is 1. The molecule has 0 aliphatic heterocycles. The molecule has 0 bridgehead atoms. The molecule has 0 atom stereocenters. The highest BCUT2D eigenvalue weighted by atomic mass is 16.5. The van der Waals surface area contributed by atoms with Crippen molar-refractivity contribution in [2.45, 2.75) is 25.7 Å². The van der Waals surface area contributed by atoms with E-state index in [9.17, 15) is 14.9 Å². The lowest BCUT2D eigenvalue weighted by molar-refractivity contribution is 0.0999. The fourth-order valence-corrected chi connectivity index (χ4v) is 4.17. The van der Waals surface area contributed by atoms with Gasteiger partial charge in [-0.1, -0.05) is 19.9 Å². The van der Waals surface area contributed by atoms with E-state index in [1.54, 1.807) is 18.2 Å². The first-order valence-electron chi connectivity index (χ1n) is 9.63. The lowest BCUT2D eigenvalue weighted by Gasteiger charge is -2.32. The number of aliphatic hydroxyl groups is 1. The zero-order chi connectivity index (χ0) is 21.6. The van der Waals surface area contributed by atoms with Crippen molar-refractivity contribution < 1.29 is 19.4 Å². The van der Waals surface area contributed by atoms with E-state index in [4.69, 9.17) is 15.6 Å². The summed E-state index contributed by atoms with van der Waals surface area (Å²) in [5.41, 5.74) is 8.13. The molecule has 2 aromatic carbocycles. The van der Waals surface area contributed by atoms with Gasteiger partial charge < -0.3 is 20.6 Å². The van der Waals surface area contributed by atoms with Crippen LogP contribution in [-0.2, 0) is 5.41 Å². The van der Waals surface area contributed by atoms with E-state index in [1.807, 2.05) is 26.0 Å². The van der Waals surface area contributed by atoms with Crippen molar-refractivity contribution in [1.29, 1.82) is 5.26 Å². The fourth-order valence-electron chi connectivity index (χ4n) is 4.17. The maximum Gasteiger partial charge on any atom is 0.252 e. The second kappa shape index (κ2) is 7.01. The molecule has 0 unspecified atom stereocenters. The summed E-state index contributed by atoms with van der Waals surface area (Å²) in [5.74, 6) is -0.266. The van der Waals surface area contributed by atoms with Crippen LogP contribution in [0, 0.1) is 11.3 Å². The van der Waals surface area contributed by atoms with Gasteiger partial charge in [0.05, 0.1) is 28.8 Å². The van der Waals surface area contributed by atoms with Crippen molar-refractivity contribution >= 4 is 22.6 Å². The Labute approximate surface area is 173 Å². The van der Waals surface area contributed by atoms with Crippen LogP contribution >= 0.6 is 0 Å². The van der Waals surface area contributed by atoms with Gasteiger partial charge in [0.1, 0.15) is 11.8 Å². The number of primary amides is 1. The van der Waals surface area contributed by atoms with Gasteiger partial charge in [-0.3, -0.25) is 9.59 Å².